The first-order valence-electron chi connectivity index (χ1n) is 11.0. The Morgan fingerprint density at radius 3 is 2.76 bits per heavy atom. The van der Waals surface area contributed by atoms with Gasteiger partial charge >= 0.3 is 0 Å². The zero-order valence-electron chi connectivity index (χ0n) is 18.6. The van der Waals surface area contributed by atoms with Gasteiger partial charge in [-0.25, -0.2) is 14.4 Å². The number of nitrogens with one attached hydrogen (secondary N) is 1. The number of likely N-dealkylation sites (N-methyl/N-ethyl adjacent to an activating group) is 1. The number of amides is 1. The summed E-state index contributed by atoms with van der Waals surface area (Å²) >= 11 is 0. The second kappa shape index (κ2) is 8.12. The maximum absolute atomic E-state index is 15.0. The maximum atomic E-state index is 15.0. The van der Waals surface area contributed by atoms with Gasteiger partial charge in [0.2, 0.25) is 0 Å². The molecule has 2 N–H and O–H groups in total. The van der Waals surface area contributed by atoms with E-state index in [0.29, 0.717) is 34.0 Å². The zero-order chi connectivity index (χ0) is 24.2. The summed E-state index contributed by atoms with van der Waals surface area (Å²) in [5.74, 6) is -3.18. The normalized spacial score (nSPS) is 16.9. The van der Waals surface area contributed by atoms with Gasteiger partial charge in [-0.05, 0) is 31.9 Å². The van der Waals surface area contributed by atoms with Gasteiger partial charge in [0.1, 0.15) is 29.8 Å². The summed E-state index contributed by atoms with van der Waals surface area (Å²) in [7, 11) is 1.65. The number of benzene rings is 2. The van der Waals surface area contributed by atoms with Gasteiger partial charge < -0.3 is 20.1 Å². The molecule has 1 saturated carbocycles. The maximum Gasteiger partial charge on any atom is 0.298 e. The monoisotopic (exact) mass is 472 g/mol. The Balaban J connectivity index is 1.58. The van der Waals surface area contributed by atoms with Crippen LogP contribution < -0.4 is 15.0 Å². The lowest BCUT2D eigenvalue weighted by Crippen LogP contribution is -2.35. The average Bonchev–Trinajstić information content (AvgIpc) is 3.66. The molecule has 1 atom stereocenters. The number of aliphatic hydroxyl groups is 1. The Hall–Kier alpha value is -3.40. The lowest BCUT2D eigenvalue weighted by Gasteiger charge is -2.27. The number of hydrogen-bond donors (Lipinski definition) is 2. The van der Waals surface area contributed by atoms with Crippen molar-refractivity contribution in [3.63, 3.8) is 0 Å². The minimum atomic E-state index is -3.70. The molecule has 34 heavy (non-hydrogen) atoms. The average molecular weight is 472 g/mol. The molecule has 7 nitrogen and oxygen atoms in total. The topological polar surface area (TPSA) is 87.6 Å². The molecule has 2 aliphatic rings. The Kier molecular flexibility index (Phi) is 5.35. The lowest BCUT2D eigenvalue weighted by atomic mass is 10.00. The van der Waals surface area contributed by atoms with Gasteiger partial charge in [-0.15, -0.1) is 0 Å². The molecule has 1 fully saturated rings. The number of carbonyl (C=O) groups is 1. The zero-order valence-corrected chi connectivity index (χ0v) is 18.6. The van der Waals surface area contributed by atoms with Crippen molar-refractivity contribution in [3.8, 4) is 5.75 Å². The van der Waals surface area contributed by atoms with Crippen LogP contribution in [0, 0.1) is 5.82 Å². The largest absolute Gasteiger partial charge is 0.481 e. The molecule has 1 amide bonds. The number of halogens is 3. The van der Waals surface area contributed by atoms with Crippen LogP contribution in [0.15, 0.2) is 30.3 Å². The van der Waals surface area contributed by atoms with Crippen LogP contribution in [0.1, 0.15) is 48.7 Å². The minimum Gasteiger partial charge on any atom is -0.481 e. The van der Waals surface area contributed by atoms with Crippen molar-refractivity contribution in [1.29, 1.82) is 0 Å². The third-order valence-electron chi connectivity index (χ3n) is 6.26. The van der Waals surface area contributed by atoms with E-state index in [0.717, 1.165) is 18.9 Å². The highest BCUT2D eigenvalue weighted by molar-refractivity contribution is 6.02. The van der Waals surface area contributed by atoms with Crippen molar-refractivity contribution in [3.05, 3.63) is 53.1 Å². The Morgan fingerprint density at radius 2 is 2.06 bits per heavy atom. The minimum absolute atomic E-state index is 0.0129. The highest BCUT2D eigenvalue weighted by Crippen LogP contribution is 2.42. The van der Waals surface area contributed by atoms with Crippen LogP contribution in [0.5, 0.6) is 5.75 Å². The van der Waals surface area contributed by atoms with Gasteiger partial charge in [0.15, 0.2) is 6.61 Å². The molecule has 0 unspecified atom stereocenters. The summed E-state index contributed by atoms with van der Waals surface area (Å²) in [4.78, 5) is 22.9. The molecule has 0 radical (unpaired) electrons. The van der Waals surface area contributed by atoms with Crippen LogP contribution in [0.2, 0.25) is 0 Å². The number of nitrogens with zero attached hydrogens (tertiary/aromatic N) is 3. The number of aromatic nitrogens is 2. The van der Waals surface area contributed by atoms with E-state index in [4.69, 9.17) is 9.84 Å². The number of alkyl halides is 2. The van der Waals surface area contributed by atoms with Gasteiger partial charge in [-0.1, -0.05) is 12.1 Å². The molecule has 5 rings (SSSR count). The van der Waals surface area contributed by atoms with E-state index in [9.17, 15) is 13.6 Å². The Bertz CT molecular complexity index is 1300. The van der Waals surface area contributed by atoms with Crippen LogP contribution in [0.3, 0.4) is 0 Å². The van der Waals surface area contributed by atoms with Crippen LogP contribution >= 0.6 is 0 Å². The fourth-order valence-corrected chi connectivity index (χ4v) is 4.08. The summed E-state index contributed by atoms with van der Waals surface area (Å²) < 4.78 is 48.7. The molecular formula is C24H23F3N4O3. The second-order valence-electron chi connectivity index (χ2n) is 8.72. The predicted octanol–water partition coefficient (Wildman–Crippen LogP) is 4.26. The van der Waals surface area contributed by atoms with Crippen LogP contribution in [0.4, 0.5) is 24.7 Å². The molecule has 178 valence electrons. The fourth-order valence-electron chi connectivity index (χ4n) is 4.08. The van der Waals surface area contributed by atoms with Crippen molar-refractivity contribution in [2.75, 3.05) is 30.5 Å². The molecule has 0 saturated heterocycles. The molecule has 3 aromatic rings. The number of carbonyl (C=O) groups excluding carboxylic acids is 1. The van der Waals surface area contributed by atoms with Crippen LogP contribution in [-0.2, 0) is 10.7 Å². The summed E-state index contributed by atoms with van der Waals surface area (Å²) in [5, 5.41) is 12.7. The number of rotatable bonds is 6. The fraction of sp³-hybridized carbons (Fsp3) is 0.375. The smallest absolute Gasteiger partial charge is 0.298 e. The van der Waals surface area contributed by atoms with Crippen molar-refractivity contribution < 1.29 is 27.8 Å². The van der Waals surface area contributed by atoms with E-state index in [1.165, 1.54) is 17.0 Å². The molecule has 1 aliphatic heterocycles. The number of hydrogen-bond acceptors (Lipinski definition) is 6. The highest BCUT2D eigenvalue weighted by atomic mass is 19.3. The molecule has 1 aliphatic carbocycles. The van der Waals surface area contributed by atoms with Gasteiger partial charge in [0, 0.05) is 30.0 Å². The van der Waals surface area contributed by atoms with E-state index in [1.807, 2.05) is 0 Å². The molecule has 0 bridgehead atoms. The van der Waals surface area contributed by atoms with E-state index >= 15 is 4.39 Å². The van der Waals surface area contributed by atoms with Crippen molar-refractivity contribution in [2.24, 2.45) is 0 Å². The van der Waals surface area contributed by atoms with Crippen molar-refractivity contribution in [1.82, 2.24) is 9.97 Å². The standard InChI is InChI=1S/C24H23F3N4O3/c1-12(14-4-3-5-16(21(14)25)24(26,27)11-32)28-23-15-8-18-19(34-10-20(33)31(18)2)9-17(15)29-22(30-23)13-6-7-13/h3-5,8-9,12-13,32H,6-7,10-11H2,1-2H3,(H,28,29,30)/t12-/m1/s1. The van der Waals surface area contributed by atoms with Gasteiger partial charge in [0.05, 0.1) is 22.8 Å². The lowest BCUT2D eigenvalue weighted by molar-refractivity contribution is -0.120. The van der Waals surface area contributed by atoms with E-state index < -0.39 is 30.0 Å². The van der Waals surface area contributed by atoms with Crippen LogP contribution in [-0.4, -0.2) is 41.2 Å². The van der Waals surface area contributed by atoms with Gasteiger partial charge in [-0.2, -0.15) is 8.78 Å². The highest BCUT2D eigenvalue weighted by Gasteiger charge is 2.35. The first kappa shape index (κ1) is 22.4. The molecule has 2 heterocycles. The summed E-state index contributed by atoms with van der Waals surface area (Å²) in [5.41, 5.74) is 0.310. The van der Waals surface area contributed by atoms with E-state index in [2.05, 4.69) is 15.3 Å². The number of aliphatic hydroxyl groups excluding tert-OH is 1. The molecule has 2 aromatic carbocycles. The van der Waals surface area contributed by atoms with Gasteiger partial charge in [-0.3, -0.25) is 4.79 Å². The Morgan fingerprint density at radius 1 is 1.29 bits per heavy atom. The quantitative estimate of drug-likeness (QED) is 0.558. The summed E-state index contributed by atoms with van der Waals surface area (Å²) in [6.07, 6.45) is 1.93. The first-order valence-corrected chi connectivity index (χ1v) is 11.0. The van der Waals surface area contributed by atoms with E-state index in [-0.39, 0.29) is 24.0 Å². The first-order chi connectivity index (χ1) is 16.2. The number of fused-ring (bicyclic) bond motifs is 2. The molecule has 10 heteroatoms. The third kappa shape index (κ3) is 3.81. The van der Waals surface area contributed by atoms with E-state index in [1.54, 1.807) is 26.1 Å². The van der Waals surface area contributed by atoms with Gasteiger partial charge in [0.25, 0.3) is 11.8 Å². The van der Waals surface area contributed by atoms with Crippen molar-refractivity contribution >= 4 is 28.3 Å². The number of ether oxygens (including phenoxy) is 1. The molecular weight excluding hydrogens is 449 g/mol. The van der Waals surface area contributed by atoms with Crippen LogP contribution in [0.25, 0.3) is 10.9 Å². The second-order valence-corrected chi connectivity index (χ2v) is 8.72. The Labute approximate surface area is 193 Å². The SMILES string of the molecule is C[C@@H](Nc1nc(C2CC2)nc2cc3c(cc12)N(C)C(=O)CO3)c1cccc(C(F)(F)CO)c1F. The summed E-state index contributed by atoms with van der Waals surface area (Å²) in [6, 6.07) is 6.47. The summed E-state index contributed by atoms with van der Waals surface area (Å²) in [6.45, 7) is 0.0862. The molecule has 1 aromatic heterocycles. The van der Waals surface area contributed by atoms with Crippen molar-refractivity contribution in [2.45, 2.75) is 37.6 Å². The molecule has 0 spiro atoms. The number of anilines is 2. The predicted molar refractivity (Wildman–Crippen MR) is 120 cm³/mol. The third-order valence-corrected chi connectivity index (χ3v) is 6.26.